The molecule has 2 aromatic carbocycles. The maximum Gasteiger partial charge on any atom is 0.241 e. The molecule has 140 valence electrons. The number of benzene rings is 2. The van der Waals surface area contributed by atoms with Gasteiger partial charge in [-0.25, -0.2) is 0 Å². The molecular weight excluding hydrogens is 360 g/mol. The van der Waals surface area contributed by atoms with Crippen LogP contribution in [0.1, 0.15) is 18.1 Å². The Kier molecular flexibility index (Phi) is 6.46. The van der Waals surface area contributed by atoms with Gasteiger partial charge in [0.15, 0.2) is 0 Å². The van der Waals surface area contributed by atoms with Crippen molar-refractivity contribution in [2.45, 2.75) is 19.5 Å². The fraction of sp³-hybridized carbons (Fsp3) is 0.333. The normalized spacial score (nSPS) is 16.5. The first-order chi connectivity index (χ1) is 13.0. The molecule has 1 amide bonds. The molecule has 1 aliphatic rings. The molecule has 5 nitrogen and oxygen atoms in total. The number of halogens is 1. The van der Waals surface area contributed by atoms with Crippen molar-refractivity contribution in [1.82, 2.24) is 9.80 Å². The molecule has 3 rings (SSSR count). The second kappa shape index (κ2) is 9.01. The molecule has 27 heavy (non-hydrogen) atoms. The van der Waals surface area contributed by atoms with Crippen LogP contribution in [0.2, 0.25) is 5.02 Å². The van der Waals surface area contributed by atoms with E-state index in [1.807, 2.05) is 43.3 Å². The van der Waals surface area contributed by atoms with Crippen molar-refractivity contribution in [3.63, 3.8) is 0 Å². The van der Waals surface area contributed by atoms with E-state index in [1.165, 1.54) is 5.56 Å². The summed E-state index contributed by atoms with van der Waals surface area (Å²) < 4.78 is 0. The van der Waals surface area contributed by atoms with E-state index < -0.39 is 0 Å². The molecule has 0 saturated carbocycles. The van der Waals surface area contributed by atoms with Crippen molar-refractivity contribution in [3.8, 4) is 6.07 Å². The van der Waals surface area contributed by atoms with Gasteiger partial charge in [0, 0.05) is 43.4 Å². The van der Waals surface area contributed by atoms with E-state index in [0.717, 1.165) is 38.4 Å². The van der Waals surface area contributed by atoms with E-state index in [-0.39, 0.29) is 11.9 Å². The number of amides is 1. The zero-order valence-electron chi connectivity index (χ0n) is 15.4. The van der Waals surface area contributed by atoms with Gasteiger partial charge in [-0.1, -0.05) is 29.8 Å². The van der Waals surface area contributed by atoms with Gasteiger partial charge in [-0.3, -0.25) is 14.6 Å². The van der Waals surface area contributed by atoms with Crippen LogP contribution in [0, 0.1) is 11.3 Å². The lowest BCUT2D eigenvalue weighted by Gasteiger charge is -2.37. The predicted molar refractivity (Wildman–Crippen MR) is 108 cm³/mol. The molecule has 1 atom stereocenters. The molecular formula is C21H23ClN4O. The van der Waals surface area contributed by atoms with Crippen molar-refractivity contribution in [3.05, 3.63) is 64.7 Å². The molecule has 0 spiro atoms. The largest absolute Gasteiger partial charge is 0.325 e. The smallest absolute Gasteiger partial charge is 0.241 e. The Bertz CT molecular complexity index is 823. The first-order valence-electron chi connectivity index (χ1n) is 9.07. The number of carbonyl (C=O) groups is 1. The number of piperazine rings is 1. The van der Waals surface area contributed by atoms with E-state index in [4.69, 9.17) is 16.9 Å². The number of nitrogens with one attached hydrogen (secondary N) is 1. The van der Waals surface area contributed by atoms with Crippen molar-refractivity contribution in [1.29, 1.82) is 5.26 Å². The first kappa shape index (κ1) is 19.4. The molecule has 6 heteroatoms. The Morgan fingerprint density at radius 1 is 1.19 bits per heavy atom. The summed E-state index contributed by atoms with van der Waals surface area (Å²) in [5, 5.41) is 12.4. The van der Waals surface area contributed by atoms with Gasteiger partial charge in [-0.05, 0) is 42.8 Å². The van der Waals surface area contributed by atoms with Gasteiger partial charge in [0.1, 0.15) is 0 Å². The van der Waals surface area contributed by atoms with Crippen LogP contribution in [0.25, 0.3) is 0 Å². The van der Waals surface area contributed by atoms with E-state index in [1.54, 1.807) is 12.1 Å². The molecule has 0 aliphatic carbocycles. The molecule has 1 fully saturated rings. The van der Waals surface area contributed by atoms with Crippen LogP contribution >= 0.6 is 11.6 Å². The van der Waals surface area contributed by atoms with E-state index >= 15 is 0 Å². The van der Waals surface area contributed by atoms with Gasteiger partial charge in [-0.2, -0.15) is 5.26 Å². The van der Waals surface area contributed by atoms with Crippen molar-refractivity contribution >= 4 is 23.2 Å². The molecule has 0 unspecified atom stereocenters. The highest BCUT2D eigenvalue weighted by Crippen LogP contribution is 2.16. The number of anilines is 1. The van der Waals surface area contributed by atoms with Crippen LogP contribution < -0.4 is 5.32 Å². The topological polar surface area (TPSA) is 59.4 Å². The molecule has 0 aromatic heterocycles. The lowest BCUT2D eigenvalue weighted by atomic mass is 10.1. The monoisotopic (exact) mass is 382 g/mol. The van der Waals surface area contributed by atoms with Gasteiger partial charge in [-0.15, -0.1) is 0 Å². The Hall–Kier alpha value is -2.39. The number of nitrogens with zero attached hydrogens (tertiary/aromatic N) is 3. The summed E-state index contributed by atoms with van der Waals surface area (Å²) in [7, 11) is 0. The third kappa shape index (κ3) is 5.30. The van der Waals surface area contributed by atoms with E-state index in [9.17, 15) is 4.79 Å². The summed E-state index contributed by atoms with van der Waals surface area (Å²) in [4.78, 5) is 17.1. The van der Waals surface area contributed by atoms with Crippen LogP contribution in [0.5, 0.6) is 0 Å². The van der Waals surface area contributed by atoms with E-state index in [0.29, 0.717) is 10.6 Å². The molecule has 0 radical (unpaired) electrons. The minimum Gasteiger partial charge on any atom is -0.325 e. The average molecular weight is 383 g/mol. The van der Waals surface area contributed by atoms with Gasteiger partial charge >= 0.3 is 0 Å². The fourth-order valence-electron chi connectivity index (χ4n) is 3.23. The van der Waals surface area contributed by atoms with Gasteiger partial charge in [0.2, 0.25) is 5.91 Å². The van der Waals surface area contributed by atoms with Crippen molar-refractivity contribution < 1.29 is 4.79 Å². The number of rotatable bonds is 5. The number of nitriles is 1. The number of hydrogen-bond donors (Lipinski definition) is 1. The Balaban J connectivity index is 1.49. The maximum atomic E-state index is 12.5. The molecule has 1 saturated heterocycles. The summed E-state index contributed by atoms with van der Waals surface area (Å²) in [6, 6.07) is 16.9. The van der Waals surface area contributed by atoms with Crippen molar-refractivity contribution in [2.75, 3.05) is 31.5 Å². The van der Waals surface area contributed by atoms with Gasteiger partial charge in [0.25, 0.3) is 0 Å². The Labute approximate surface area is 165 Å². The Morgan fingerprint density at radius 3 is 2.52 bits per heavy atom. The van der Waals surface area contributed by atoms with Crippen molar-refractivity contribution in [2.24, 2.45) is 0 Å². The zero-order chi connectivity index (χ0) is 19.2. The predicted octanol–water partition coefficient (Wildman–Crippen LogP) is 3.36. The molecule has 0 bridgehead atoms. The SMILES string of the molecule is C[C@H](C(=O)Nc1cccc(Cl)c1)N1CCN(Cc2ccc(C#N)cc2)CC1. The molecule has 1 N–H and O–H groups in total. The van der Waals surface area contributed by atoms with Crippen LogP contribution in [0.4, 0.5) is 5.69 Å². The van der Waals surface area contributed by atoms with Crippen LogP contribution in [0.15, 0.2) is 48.5 Å². The summed E-state index contributed by atoms with van der Waals surface area (Å²) in [5.41, 5.74) is 2.61. The highest BCUT2D eigenvalue weighted by molar-refractivity contribution is 6.30. The summed E-state index contributed by atoms with van der Waals surface area (Å²) in [6.45, 7) is 6.32. The molecule has 2 aromatic rings. The standard InChI is InChI=1S/C21H23ClN4O/c1-16(21(27)24-20-4-2-3-19(22)13-20)26-11-9-25(10-12-26)15-18-7-5-17(14-23)6-8-18/h2-8,13,16H,9-12,15H2,1H3,(H,24,27)/t16-/m1/s1. The minimum atomic E-state index is -0.193. The second-order valence-corrected chi connectivity index (χ2v) is 7.23. The third-order valence-corrected chi connectivity index (χ3v) is 5.15. The molecule has 1 aliphatic heterocycles. The Morgan fingerprint density at radius 2 is 1.89 bits per heavy atom. The fourth-order valence-corrected chi connectivity index (χ4v) is 3.42. The van der Waals surface area contributed by atoms with Gasteiger partial charge in [0.05, 0.1) is 17.7 Å². The van der Waals surface area contributed by atoms with Crippen LogP contribution in [-0.4, -0.2) is 47.9 Å². The number of hydrogen-bond acceptors (Lipinski definition) is 4. The third-order valence-electron chi connectivity index (χ3n) is 4.92. The quantitative estimate of drug-likeness (QED) is 0.861. The summed E-state index contributed by atoms with van der Waals surface area (Å²) in [6.07, 6.45) is 0. The highest BCUT2D eigenvalue weighted by atomic mass is 35.5. The average Bonchev–Trinajstić information content (AvgIpc) is 2.68. The summed E-state index contributed by atoms with van der Waals surface area (Å²) in [5.74, 6) is -0.0159. The van der Waals surface area contributed by atoms with E-state index in [2.05, 4.69) is 21.2 Å². The lowest BCUT2D eigenvalue weighted by Crippen LogP contribution is -2.52. The van der Waals surface area contributed by atoms with Crippen LogP contribution in [0.3, 0.4) is 0 Å². The first-order valence-corrected chi connectivity index (χ1v) is 9.45. The highest BCUT2D eigenvalue weighted by Gasteiger charge is 2.25. The van der Waals surface area contributed by atoms with Crippen LogP contribution in [-0.2, 0) is 11.3 Å². The summed E-state index contributed by atoms with van der Waals surface area (Å²) >= 11 is 5.97. The maximum absolute atomic E-state index is 12.5. The van der Waals surface area contributed by atoms with Gasteiger partial charge < -0.3 is 5.32 Å². The zero-order valence-corrected chi connectivity index (χ0v) is 16.1. The second-order valence-electron chi connectivity index (χ2n) is 6.80. The lowest BCUT2D eigenvalue weighted by molar-refractivity contribution is -0.121. The molecule has 1 heterocycles. The number of carbonyl (C=O) groups excluding carboxylic acids is 1. The minimum absolute atomic E-state index is 0.0159.